The van der Waals surface area contributed by atoms with Gasteiger partial charge in [0.05, 0.1) is 18.1 Å². The zero-order chi connectivity index (χ0) is 15.2. The topological polar surface area (TPSA) is 30.5 Å². The Balaban J connectivity index is 1.99. The second kappa shape index (κ2) is 7.69. The molecule has 0 aliphatic rings. The molecule has 0 amide bonds. The fraction of sp³-hybridized carbons (Fsp3) is 0.375. The first-order chi connectivity index (χ1) is 10.1. The van der Waals surface area contributed by atoms with E-state index in [4.69, 9.17) is 21.1 Å². The number of hydrogen-bond donors (Lipinski definition) is 1. The van der Waals surface area contributed by atoms with Crippen LogP contribution in [0.1, 0.15) is 30.3 Å². The van der Waals surface area contributed by atoms with Gasteiger partial charge in [-0.15, -0.1) is 11.3 Å². The molecule has 0 bridgehead atoms. The summed E-state index contributed by atoms with van der Waals surface area (Å²) in [5, 5.41) is 3.49. The van der Waals surface area contributed by atoms with Crippen LogP contribution in [0, 0.1) is 0 Å². The Bertz CT molecular complexity index is 585. The van der Waals surface area contributed by atoms with Crippen LogP contribution >= 0.6 is 22.9 Å². The molecule has 1 atom stereocenters. The molecule has 5 heteroatoms. The maximum atomic E-state index is 5.97. The highest BCUT2D eigenvalue weighted by atomic mass is 35.5. The van der Waals surface area contributed by atoms with Gasteiger partial charge in [-0.2, -0.15) is 0 Å². The summed E-state index contributed by atoms with van der Waals surface area (Å²) in [4.78, 5) is 1.23. The fourth-order valence-electron chi connectivity index (χ4n) is 2.03. The minimum Gasteiger partial charge on any atom is -0.493 e. The van der Waals surface area contributed by atoms with Crippen molar-refractivity contribution in [3.63, 3.8) is 0 Å². The van der Waals surface area contributed by atoms with Gasteiger partial charge in [0, 0.05) is 17.5 Å². The number of benzene rings is 1. The van der Waals surface area contributed by atoms with Crippen molar-refractivity contribution < 1.29 is 9.47 Å². The lowest BCUT2D eigenvalue weighted by atomic mass is 10.2. The van der Waals surface area contributed by atoms with Crippen molar-refractivity contribution in [2.24, 2.45) is 0 Å². The van der Waals surface area contributed by atoms with Crippen LogP contribution in [0.25, 0.3) is 0 Å². The molecule has 1 unspecified atom stereocenters. The smallest absolute Gasteiger partial charge is 0.161 e. The molecule has 3 nitrogen and oxygen atoms in total. The normalized spacial score (nSPS) is 12.2. The van der Waals surface area contributed by atoms with Crippen LogP contribution in [0.2, 0.25) is 4.34 Å². The van der Waals surface area contributed by atoms with Crippen LogP contribution < -0.4 is 14.8 Å². The standard InChI is InChI=1S/C16H20ClNO2S/c1-4-20-13-6-5-12(9-14(13)19-3)10-18-11(2)15-7-8-16(17)21-15/h5-9,11,18H,4,10H2,1-3H3. The van der Waals surface area contributed by atoms with Crippen molar-refractivity contribution in [1.82, 2.24) is 5.32 Å². The zero-order valence-corrected chi connectivity index (χ0v) is 14.1. The molecule has 2 rings (SSSR count). The Hall–Kier alpha value is -1.23. The van der Waals surface area contributed by atoms with Crippen LogP contribution in [0.5, 0.6) is 11.5 Å². The van der Waals surface area contributed by atoms with Gasteiger partial charge in [-0.1, -0.05) is 17.7 Å². The molecule has 0 aliphatic heterocycles. The molecule has 0 saturated heterocycles. The molecule has 1 aromatic heterocycles. The van der Waals surface area contributed by atoms with E-state index in [1.807, 2.05) is 25.1 Å². The quantitative estimate of drug-likeness (QED) is 0.803. The first-order valence-corrected chi connectivity index (χ1v) is 8.11. The Kier molecular flexibility index (Phi) is 5.91. The molecule has 0 aliphatic carbocycles. The van der Waals surface area contributed by atoms with Crippen LogP contribution in [0.3, 0.4) is 0 Å². The summed E-state index contributed by atoms with van der Waals surface area (Å²) in [6, 6.07) is 10.3. The lowest BCUT2D eigenvalue weighted by molar-refractivity contribution is 0.310. The molecule has 114 valence electrons. The molecule has 0 radical (unpaired) electrons. The Labute approximate surface area is 134 Å². The molecule has 2 aromatic rings. The van der Waals surface area contributed by atoms with E-state index in [0.717, 1.165) is 27.9 Å². The third kappa shape index (κ3) is 4.37. The summed E-state index contributed by atoms with van der Waals surface area (Å²) >= 11 is 7.57. The molecule has 21 heavy (non-hydrogen) atoms. The fourth-order valence-corrected chi connectivity index (χ4v) is 3.12. The maximum Gasteiger partial charge on any atom is 0.161 e. The van der Waals surface area contributed by atoms with Crippen molar-refractivity contribution in [1.29, 1.82) is 0 Å². The van der Waals surface area contributed by atoms with Crippen LogP contribution in [-0.2, 0) is 6.54 Å². The maximum absolute atomic E-state index is 5.97. The second-order valence-corrected chi connectivity index (χ2v) is 6.41. The van der Waals surface area contributed by atoms with Crippen molar-refractivity contribution in [3.8, 4) is 11.5 Å². The van der Waals surface area contributed by atoms with Crippen molar-refractivity contribution in [3.05, 3.63) is 45.1 Å². The highest BCUT2D eigenvalue weighted by Crippen LogP contribution is 2.29. The average molecular weight is 326 g/mol. The summed E-state index contributed by atoms with van der Waals surface area (Å²) < 4.78 is 11.7. The van der Waals surface area contributed by atoms with E-state index in [-0.39, 0.29) is 6.04 Å². The Morgan fingerprint density at radius 2 is 2.05 bits per heavy atom. The largest absolute Gasteiger partial charge is 0.493 e. The third-order valence-corrected chi connectivity index (χ3v) is 4.57. The average Bonchev–Trinajstić information content (AvgIpc) is 2.92. The van der Waals surface area contributed by atoms with Gasteiger partial charge in [-0.3, -0.25) is 0 Å². The van der Waals surface area contributed by atoms with Gasteiger partial charge in [0.2, 0.25) is 0 Å². The summed E-state index contributed by atoms with van der Waals surface area (Å²) in [6.07, 6.45) is 0. The van der Waals surface area contributed by atoms with E-state index < -0.39 is 0 Å². The highest BCUT2D eigenvalue weighted by Gasteiger charge is 2.09. The van der Waals surface area contributed by atoms with Gasteiger partial charge in [0.15, 0.2) is 11.5 Å². The van der Waals surface area contributed by atoms with Gasteiger partial charge in [0.25, 0.3) is 0 Å². The van der Waals surface area contributed by atoms with E-state index in [9.17, 15) is 0 Å². The number of ether oxygens (including phenoxy) is 2. The summed E-state index contributed by atoms with van der Waals surface area (Å²) in [7, 11) is 1.66. The van der Waals surface area contributed by atoms with Gasteiger partial charge in [-0.25, -0.2) is 0 Å². The summed E-state index contributed by atoms with van der Waals surface area (Å²) in [6.45, 7) is 5.49. The number of hydrogen-bond acceptors (Lipinski definition) is 4. The van der Waals surface area contributed by atoms with Gasteiger partial charge >= 0.3 is 0 Å². The molecular formula is C16H20ClNO2S. The van der Waals surface area contributed by atoms with E-state index in [1.165, 1.54) is 4.88 Å². The minimum atomic E-state index is 0.264. The summed E-state index contributed by atoms with van der Waals surface area (Å²) in [5.74, 6) is 1.55. The predicted octanol–water partition coefficient (Wildman–Crippen LogP) is 4.66. The number of rotatable bonds is 7. The number of thiophene rings is 1. The summed E-state index contributed by atoms with van der Waals surface area (Å²) in [5.41, 5.74) is 1.16. The zero-order valence-electron chi connectivity index (χ0n) is 12.5. The molecule has 1 N–H and O–H groups in total. The highest BCUT2D eigenvalue weighted by molar-refractivity contribution is 7.16. The minimum absolute atomic E-state index is 0.264. The van der Waals surface area contributed by atoms with Crippen molar-refractivity contribution in [2.45, 2.75) is 26.4 Å². The van der Waals surface area contributed by atoms with Gasteiger partial charge in [-0.05, 0) is 43.7 Å². The molecule has 0 fully saturated rings. The third-order valence-electron chi connectivity index (χ3n) is 3.16. The van der Waals surface area contributed by atoms with E-state index in [1.54, 1.807) is 18.4 Å². The second-order valence-electron chi connectivity index (χ2n) is 4.66. The van der Waals surface area contributed by atoms with Crippen LogP contribution in [0.4, 0.5) is 0 Å². The van der Waals surface area contributed by atoms with Gasteiger partial charge in [0.1, 0.15) is 0 Å². The molecule has 1 aromatic carbocycles. The van der Waals surface area contributed by atoms with Crippen molar-refractivity contribution in [2.75, 3.05) is 13.7 Å². The number of halogens is 1. The van der Waals surface area contributed by atoms with E-state index in [0.29, 0.717) is 6.61 Å². The molecule has 1 heterocycles. The van der Waals surface area contributed by atoms with Crippen LogP contribution in [0.15, 0.2) is 30.3 Å². The molecule has 0 spiro atoms. The van der Waals surface area contributed by atoms with E-state index >= 15 is 0 Å². The van der Waals surface area contributed by atoms with Crippen LogP contribution in [-0.4, -0.2) is 13.7 Å². The van der Waals surface area contributed by atoms with E-state index in [2.05, 4.69) is 24.4 Å². The number of nitrogens with one attached hydrogen (secondary N) is 1. The molecular weight excluding hydrogens is 306 g/mol. The first-order valence-electron chi connectivity index (χ1n) is 6.92. The lowest BCUT2D eigenvalue weighted by Gasteiger charge is -2.14. The predicted molar refractivity (Wildman–Crippen MR) is 88.7 cm³/mol. The van der Waals surface area contributed by atoms with Gasteiger partial charge < -0.3 is 14.8 Å². The molecule has 0 saturated carbocycles. The Morgan fingerprint density at radius 1 is 1.24 bits per heavy atom. The lowest BCUT2D eigenvalue weighted by Crippen LogP contribution is -2.17. The monoisotopic (exact) mass is 325 g/mol. The first kappa shape index (κ1) is 16.1. The Morgan fingerprint density at radius 3 is 2.67 bits per heavy atom. The SMILES string of the molecule is CCOc1ccc(CNC(C)c2ccc(Cl)s2)cc1OC. The number of methoxy groups -OCH3 is 1. The van der Waals surface area contributed by atoms with Crippen molar-refractivity contribution >= 4 is 22.9 Å².